The summed E-state index contributed by atoms with van der Waals surface area (Å²) in [4.78, 5) is 29.2. The highest BCUT2D eigenvalue weighted by Gasteiger charge is 2.21. The van der Waals surface area contributed by atoms with E-state index in [0.29, 0.717) is 37.5 Å². The number of amides is 3. The fraction of sp³-hybridized carbons (Fsp3) is 0.286. The quantitative estimate of drug-likeness (QED) is 0.483. The summed E-state index contributed by atoms with van der Waals surface area (Å²) in [6.07, 6.45) is 0.392. The van der Waals surface area contributed by atoms with Gasteiger partial charge < -0.3 is 29.9 Å². The summed E-state index contributed by atoms with van der Waals surface area (Å²) < 4.78 is 10.6. The van der Waals surface area contributed by atoms with Crippen LogP contribution < -0.4 is 25.0 Å². The van der Waals surface area contributed by atoms with E-state index in [1.165, 1.54) is 0 Å². The van der Waals surface area contributed by atoms with Crippen molar-refractivity contribution in [2.75, 3.05) is 55.4 Å². The SMILES string of the molecule is CCOc1ccc(NC(=O)Nc2ccc(N3CCN(C(=O)Cc4ccc(OC)cc4)CC3)cc2)cc1. The number of ether oxygens (including phenoxy) is 2. The molecule has 1 heterocycles. The van der Waals surface area contributed by atoms with Gasteiger partial charge in [0.05, 0.1) is 20.1 Å². The summed E-state index contributed by atoms with van der Waals surface area (Å²) in [6.45, 7) is 5.41. The Balaban J connectivity index is 1.23. The van der Waals surface area contributed by atoms with Crippen LogP contribution in [0.2, 0.25) is 0 Å². The van der Waals surface area contributed by atoms with Gasteiger partial charge in [-0.25, -0.2) is 4.79 Å². The van der Waals surface area contributed by atoms with Crippen LogP contribution in [-0.2, 0) is 11.2 Å². The third-order valence-corrected chi connectivity index (χ3v) is 6.06. The summed E-state index contributed by atoms with van der Waals surface area (Å²) in [5.74, 6) is 1.69. The molecule has 0 radical (unpaired) electrons. The van der Waals surface area contributed by atoms with Gasteiger partial charge in [-0.3, -0.25) is 4.79 Å². The second-order valence-corrected chi connectivity index (χ2v) is 8.48. The lowest BCUT2D eigenvalue weighted by Crippen LogP contribution is -2.49. The van der Waals surface area contributed by atoms with Crippen molar-refractivity contribution >= 4 is 29.0 Å². The fourth-order valence-corrected chi connectivity index (χ4v) is 4.09. The van der Waals surface area contributed by atoms with Gasteiger partial charge in [-0.2, -0.15) is 0 Å². The molecule has 188 valence electrons. The van der Waals surface area contributed by atoms with E-state index in [4.69, 9.17) is 9.47 Å². The number of carbonyl (C=O) groups is 2. The first kappa shape index (κ1) is 24.9. The number of anilines is 3. The zero-order valence-corrected chi connectivity index (χ0v) is 20.7. The highest BCUT2D eigenvalue weighted by atomic mass is 16.5. The van der Waals surface area contributed by atoms with Crippen LogP contribution in [0.5, 0.6) is 11.5 Å². The molecule has 1 aliphatic rings. The average Bonchev–Trinajstić information content (AvgIpc) is 2.91. The number of benzene rings is 3. The van der Waals surface area contributed by atoms with Gasteiger partial charge in [-0.15, -0.1) is 0 Å². The van der Waals surface area contributed by atoms with E-state index in [-0.39, 0.29) is 11.9 Å². The van der Waals surface area contributed by atoms with Crippen LogP contribution >= 0.6 is 0 Å². The molecule has 4 rings (SSSR count). The Morgan fingerprint density at radius 1 is 0.778 bits per heavy atom. The van der Waals surface area contributed by atoms with Crippen molar-refractivity contribution in [3.8, 4) is 11.5 Å². The standard InChI is InChI=1S/C28H32N4O4/c1-3-36-26-14-8-23(9-15-26)30-28(34)29-22-6-10-24(11-7-22)31-16-18-32(19-17-31)27(33)20-21-4-12-25(35-2)13-5-21/h4-15H,3,16-20H2,1-2H3,(H2,29,30,34). The van der Waals surface area contributed by atoms with E-state index in [1.807, 2.05) is 72.5 Å². The Hall–Kier alpha value is -4.20. The minimum Gasteiger partial charge on any atom is -0.497 e. The molecule has 8 heteroatoms. The molecule has 3 aromatic carbocycles. The van der Waals surface area contributed by atoms with Crippen LogP contribution in [-0.4, -0.2) is 56.7 Å². The number of nitrogens with one attached hydrogen (secondary N) is 2. The molecule has 0 aromatic heterocycles. The number of nitrogens with zero attached hydrogens (tertiary/aromatic N) is 2. The molecule has 0 atom stereocenters. The molecule has 0 unspecified atom stereocenters. The highest BCUT2D eigenvalue weighted by Crippen LogP contribution is 2.21. The summed E-state index contributed by atoms with van der Waals surface area (Å²) in [6, 6.07) is 22.3. The first-order valence-corrected chi connectivity index (χ1v) is 12.1. The maximum atomic E-state index is 12.7. The molecule has 3 amide bonds. The third-order valence-electron chi connectivity index (χ3n) is 6.06. The lowest BCUT2D eigenvalue weighted by Gasteiger charge is -2.36. The van der Waals surface area contributed by atoms with Crippen LogP contribution in [0.1, 0.15) is 12.5 Å². The maximum absolute atomic E-state index is 12.7. The van der Waals surface area contributed by atoms with Gasteiger partial charge in [0.25, 0.3) is 0 Å². The van der Waals surface area contributed by atoms with Crippen molar-refractivity contribution in [2.45, 2.75) is 13.3 Å². The molecular formula is C28H32N4O4. The first-order valence-electron chi connectivity index (χ1n) is 12.1. The van der Waals surface area contributed by atoms with E-state index in [2.05, 4.69) is 15.5 Å². The highest BCUT2D eigenvalue weighted by molar-refractivity contribution is 5.99. The predicted octanol–water partition coefficient (Wildman–Crippen LogP) is 4.63. The number of urea groups is 1. The summed E-state index contributed by atoms with van der Waals surface area (Å²) in [5.41, 5.74) is 3.44. The van der Waals surface area contributed by atoms with Gasteiger partial charge in [-0.05, 0) is 73.2 Å². The van der Waals surface area contributed by atoms with Crippen molar-refractivity contribution in [3.05, 3.63) is 78.4 Å². The van der Waals surface area contributed by atoms with Crippen molar-refractivity contribution in [3.63, 3.8) is 0 Å². The number of rotatable bonds is 8. The molecule has 2 N–H and O–H groups in total. The smallest absolute Gasteiger partial charge is 0.323 e. The van der Waals surface area contributed by atoms with Crippen LogP contribution in [0, 0.1) is 0 Å². The summed E-state index contributed by atoms with van der Waals surface area (Å²) in [7, 11) is 1.63. The van der Waals surface area contributed by atoms with Crippen molar-refractivity contribution in [2.24, 2.45) is 0 Å². The first-order chi connectivity index (χ1) is 17.5. The normalized spacial score (nSPS) is 13.2. The molecule has 0 spiro atoms. The Kier molecular flexibility index (Phi) is 8.28. The molecule has 1 aliphatic heterocycles. The van der Waals surface area contributed by atoms with E-state index in [0.717, 1.165) is 35.8 Å². The van der Waals surface area contributed by atoms with Gasteiger partial charge in [0.1, 0.15) is 11.5 Å². The number of carbonyl (C=O) groups excluding carboxylic acids is 2. The minimum atomic E-state index is -0.309. The van der Waals surface area contributed by atoms with E-state index in [1.54, 1.807) is 19.2 Å². The molecule has 36 heavy (non-hydrogen) atoms. The Morgan fingerprint density at radius 2 is 1.33 bits per heavy atom. The molecule has 8 nitrogen and oxygen atoms in total. The zero-order valence-electron chi connectivity index (χ0n) is 20.7. The lowest BCUT2D eigenvalue weighted by molar-refractivity contribution is -0.130. The second-order valence-electron chi connectivity index (χ2n) is 8.48. The monoisotopic (exact) mass is 488 g/mol. The van der Waals surface area contributed by atoms with Crippen LogP contribution in [0.15, 0.2) is 72.8 Å². The fourth-order valence-electron chi connectivity index (χ4n) is 4.09. The van der Waals surface area contributed by atoms with Gasteiger partial charge in [0.15, 0.2) is 0 Å². The van der Waals surface area contributed by atoms with E-state index in [9.17, 15) is 9.59 Å². The predicted molar refractivity (Wildman–Crippen MR) is 142 cm³/mol. The number of piperazine rings is 1. The molecule has 0 saturated carbocycles. The maximum Gasteiger partial charge on any atom is 0.323 e. The topological polar surface area (TPSA) is 83.1 Å². The average molecular weight is 489 g/mol. The molecule has 0 bridgehead atoms. The Labute approximate surface area is 211 Å². The zero-order chi connectivity index (χ0) is 25.3. The van der Waals surface area contributed by atoms with Gasteiger partial charge in [0, 0.05) is 43.2 Å². The Morgan fingerprint density at radius 3 is 1.89 bits per heavy atom. The number of hydrogen-bond acceptors (Lipinski definition) is 5. The van der Waals surface area contributed by atoms with Gasteiger partial charge in [0.2, 0.25) is 5.91 Å². The van der Waals surface area contributed by atoms with Crippen molar-refractivity contribution < 1.29 is 19.1 Å². The van der Waals surface area contributed by atoms with Crippen molar-refractivity contribution in [1.82, 2.24) is 4.90 Å². The van der Waals surface area contributed by atoms with E-state index >= 15 is 0 Å². The molecule has 0 aliphatic carbocycles. The van der Waals surface area contributed by atoms with Gasteiger partial charge in [-0.1, -0.05) is 12.1 Å². The molecule has 1 saturated heterocycles. The lowest BCUT2D eigenvalue weighted by atomic mass is 10.1. The molecule has 3 aromatic rings. The van der Waals surface area contributed by atoms with Crippen LogP contribution in [0.4, 0.5) is 21.9 Å². The second kappa shape index (κ2) is 12.0. The largest absolute Gasteiger partial charge is 0.497 e. The summed E-state index contributed by atoms with van der Waals surface area (Å²) in [5, 5.41) is 5.67. The van der Waals surface area contributed by atoms with Crippen LogP contribution in [0.25, 0.3) is 0 Å². The number of hydrogen-bond donors (Lipinski definition) is 2. The molecule has 1 fully saturated rings. The van der Waals surface area contributed by atoms with Crippen LogP contribution in [0.3, 0.4) is 0 Å². The minimum absolute atomic E-state index is 0.137. The van der Waals surface area contributed by atoms with E-state index < -0.39 is 0 Å². The summed E-state index contributed by atoms with van der Waals surface area (Å²) >= 11 is 0. The van der Waals surface area contributed by atoms with Crippen molar-refractivity contribution in [1.29, 1.82) is 0 Å². The van der Waals surface area contributed by atoms with Gasteiger partial charge >= 0.3 is 6.03 Å². The third kappa shape index (κ3) is 6.69. The molecular weight excluding hydrogens is 456 g/mol. The Bertz CT molecular complexity index is 1140. The number of methoxy groups -OCH3 is 1.